The highest BCUT2D eigenvalue weighted by Gasteiger charge is 2.34. The van der Waals surface area contributed by atoms with E-state index in [2.05, 4.69) is 0 Å². The van der Waals surface area contributed by atoms with Gasteiger partial charge in [0.2, 0.25) is 16.0 Å². The van der Waals surface area contributed by atoms with E-state index in [-0.39, 0.29) is 23.8 Å². The van der Waals surface area contributed by atoms with Crippen molar-refractivity contribution in [1.29, 1.82) is 0 Å². The summed E-state index contributed by atoms with van der Waals surface area (Å²) in [6.45, 7) is 1.26. The van der Waals surface area contributed by atoms with Crippen molar-refractivity contribution in [2.75, 3.05) is 31.1 Å². The second-order valence-electron chi connectivity index (χ2n) is 8.53. The first-order valence-electron chi connectivity index (χ1n) is 11.2. The topological polar surface area (TPSA) is 58.4 Å². The molecule has 6 nitrogen and oxygen atoms in total. The van der Waals surface area contributed by atoms with Crippen LogP contribution < -0.4 is 4.90 Å². The van der Waals surface area contributed by atoms with Crippen molar-refractivity contribution < 1.29 is 26.0 Å². The van der Waals surface area contributed by atoms with Crippen molar-refractivity contribution in [3.8, 4) is 0 Å². The molecule has 0 radical (unpaired) electrons. The van der Waals surface area contributed by atoms with Gasteiger partial charge in [0.25, 0.3) is 0 Å². The van der Waals surface area contributed by atoms with Gasteiger partial charge < -0.3 is 9.47 Å². The molecule has 1 saturated heterocycles. The molecule has 0 spiro atoms. The summed E-state index contributed by atoms with van der Waals surface area (Å²) in [6.07, 6.45) is -4.63. The summed E-state index contributed by atoms with van der Waals surface area (Å²) in [5.41, 5.74) is 1.53. The molecule has 0 unspecified atom stereocenters. The first-order chi connectivity index (χ1) is 17.1. The molecule has 0 bridgehead atoms. The lowest BCUT2D eigenvalue weighted by Crippen LogP contribution is -2.49. The summed E-state index contributed by atoms with van der Waals surface area (Å²) in [5, 5.41) is 0. The summed E-state index contributed by atoms with van der Waals surface area (Å²) >= 11 is 0. The molecular weight excluding hydrogens is 496 g/mol. The summed E-state index contributed by atoms with van der Waals surface area (Å²) in [7, 11) is -4.09. The summed E-state index contributed by atoms with van der Waals surface area (Å²) in [6, 6.07) is 17.6. The van der Waals surface area contributed by atoms with Crippen LogP contribution in [0.1, 0.15) is 11.1 Å². The van der Waals surface area contributed by atoms with Gasteiger partial charge in [-0.2, -0.15) is 17.5 Å². The van der Waals surface area contributed by atoms with Crippen molar-refractivity contribution in [3.05, 3.63) is 89.7 Å². The molecule has 0 N–H and O–H groups in total. The summed E-state index contributed by atoms with van der Waals surface area (Å²) < 4.78 is 82.0. The highest BCUT2D eigenvalue weighted by Crippen LogP contribution is 2.32. The molecule has 2 heterocycles. The normalized spacial score (nSPS) is 15.5. The average molecular weight is 519 g/mol. The van der Waals surface area contributed by atoms with Crippen LogP contribution in [0.5, 0.6) is 0 Å². The number of imidazole rings is 1. The number of hydrogen-bond acceptors (Lipinski definition) is 4. The van der Waals surface area contributed by atoms with Gasteiger partial charge in [-0.05, 0) is 48.0 Å². The molecule has 4 aromatic rings. The van der Waals surface area contributed by atoms with Crippen LogP contribution >= 0.6 is 0 Å². The number of halogens is 4. The second-order valence-corrected chi connectivity index (χ2v) is 10.5. The smallest absolute Gasteiger partial charge is 0.340 e. The molecule has 188 valence electrons. The number of aromatic nitrogens is 2. The Hall–Kier alpha value is -3.44. The van der Waals surface area contributed by atoms with E-state index in [1.807, 2.05) is 33.7 Å². The molecule has 1 aliphatic rings. The highest BCUT2D eigenvalue weighted by molar-refractivity contribution is 7.89. The third-order valence-corrected chi connectivity index (χ3v) is 8.10. The van der Waals surface area contributed by atoms with Crippen LogP contribution in [0.4, 0.5) is 23.5 Å². The molecule has 0 atom stereocenters. The molecule has 0 amide bonds. The zero-order chi connectivity index (χ0) is 25.5. The van der Waals surface area contributed by atoms with Crippen molar-refractivity contribution in [1.82, 2.24) is 13.9 Å². The Kier molecular flexibility index (Phi) is 6.21. The van der Waals surface area contributed by atoms with Crippen molar-refractivity contribution in [2.24, 2.45) is 0 Å². The number of piperazine rings is 1. The van der Waals surface area contributed by atoms with E-state index in [0.717, 1.165) is 28.7 Å². The molecule has 5 rings (SSSR count). The minimum Gasteiger partial charge on any atom is -0.340 e. The van der Waals surface area contributed by atoms with Gasteiger partial charge in [0.15, 0.2) is 0 Å². The van der Waals surface area contributed by atoms with Gasteiger partial charge in [0.05, 0.1) is 28.0 Å². The number of anilines is 1. The number of rotatable bonds is 5. The van der Waals surface area contributed by atoms with Crippen LogP contribution in [0, 0.1) is 5.82 Å². The second kappa shape index (κ2) is 9.21. The molecule has 3 aromatic carbocycles. The van der Waals surface area contributed by atoms with E-state index in [9.17, 15) is 26.0 Å². The minimum atomic E-state index is -4.63. The van der Waals surface area contributed by atoms with E-state index >= 15 is 0 Å². The van der Waals surface area contributed by atoms with Gasteiger partial charge in [-0.15, -0.1) is 0 Å². The SMILES string of the molecule is O=S(=O)(c1cccc(C(F)(F)F)c1)N1CCN(c2nc3ccccc3n2Cc2ccc(F)cc2)CC1. The number of para-hydroxylation sites is 2. The van der Waals surface area contributed by atoms with Gasteiger partial charge >= 0.3 is 6.18 Å². The third-order valence-electron chi connectivity index (χ3n) is 6.21. The van der Waals surface area contributed by atoms with Crippen LogP contribution in [0.25, 0.3) is 11.0 Å². The largest absolute Gasteiger partial charge is 0.416 e. The molecule has 11 heteroatoms. The Bertz CT molecular complexity index is 1490. The van der Waals surface area contributed by atoms with Gasteiger partial charge in [0.1, 0.15) is 5.82 Å². The lowest BCUT2D eigenvalue weighted by molar-refractivity contribution is -0.137. The van der Waals surface area contributed by atoms with E-state index < -0.39 is 21.8 Å². The van der Waals surface area contributed by atoms with E-state index in [4.69, 9.17) is 4.98 Å². The zero-order valence-electron chi connectivity index (χ0n) is 19.0. The number of fused-ring (bicyclic) bond motifs is 1. The third kappa shape index (κ3) is 4.68. The highest BCUT2D eigenvalue weighted by atomic mass is 32.2. The van der Waals surface area contributed by atoms with Gasteiger partial charge in [0, 0.05) is 26.2 Å². The van der Waals surface area contributed by atoms with Crippen LogP contribution in [0.3, 0.4) is 0 Å². The summed E-state index contributed by atoms with van der Waals surface area (Å²) in [5.74, 6) is 0.323. The van der Waals surface area contributed by atoms with Crippen LogP contribution in [-0.2, 0) is 22.7 Å². The number of nitrogens with zero attached hydrogens (tertiary/aromatic N) is 4. The van der Waals surface area contributed by atoms with Gasteiger partial charge in [-0.25, -0.2) is 17.8 Å². The predicted octanol–water partition coefficient (Wildman–Crippen LogP) is 4.75. The number of alkyl halides is 3. The maximum atomic E-state index is 13.4. The molecular formula is C25H22F4N4O2S. The Morgan fingerprint density at radius 2 is 1.56 bits per heavy atom. The van der Waals surface area contributed by atoms with Crippen LogP contribution in [0.15, 0.2) is 77.7 Å². The molecule has 0 saturated carbocycles. The molecule has 1 aromatic heterocycles. The van der Waals surface area contributed by atoms with E-state index in [0.29, 0.717) is 31.6 Å². The maximum Gasteiger partial charge on any atom is 0.416 e. The quantitative estimate of drug-likeness (QED) is 0.358. The van der Waals surface area contributed by atoms with Crippen LogP contribution in [0.2, 0.25) is 0 Å². The number of benzene rings is 3. The fourth-order valence-electron chi connectivity index (χ4n) is 4.34. The van der Waals surface area contributed by atoms with E-state index in [1.165, 1.54) is 22.5 Å². The molecule has 1 fully saturated rings. The fourth-order valence-corrected chi connectivity index (χ4v) is 5.81. The Balaban J connectivity index is 1.39. The number of hydrogen-bond donors (Lipinski definition) is 0. The number of sulfonamides is 1. The Morgan fingerprint density at radius 1 is 0.861 bits per heavy atom. The monoisotopic (exact) mass is 518 g/mol. The van der Waals surface area contributed by atoms with E-state index in [1.54, 1.807) is 12.1 Å². The van der Waals surface area contributed by atoms with Crippen LogP contribution in [-0.4, -0.2) is 48.5 Å². The average Bonchev–Trinajstić information content (AvgIpc) is 3.23. The summed E-state index contributed by atoms with van der Waals surface area (Å²) in [4.78, 5) is 6.34. The van der Waals surface area contributed by atoms with Crippen molar-refractivity contribution in [3.63, 3.8) is 0 Å². The minimum absolute atomic E-state index is 0.0956. The standard InChI is InChI=1S/C25H22F4N4O2S/c26-20-10-8-18(9-11-20)17-33-23-7-2-1-6-22(23)30-24(33)31-12-14-32(15-13-31)36(34,35)21-5-3-4-19(16-21)25(27,28)29/h1-11,16H,12-15,17H2. The molecule has 1 aliphatic heterocycles. The Labute approximate surface area is 205 Å². The zero-order valence-corrected chi connectivity index (χ0v) is 19.8. The maximum absolute atomic E-state index is 13.4. The van der Waals surface area contributed by atoms with Crippen molar-refractivity contribution in [2.45, 2.75) is 17.6 Å². The fraction of sp³-hybridized carbons (Fsp3) is 0.240. The molecule has 36 heavy (non-hydrogen) atoms. The first-order valence-corrected chi connectivity index (χ1v) is 12.7. The lowest BCUT2D eigenvalue weighted by Gasteiger charge is -2.35. The predicted molar refractivity (Wildman–Crippen MR) is 128 cm³/mol. The first kappa shape index (κ1) is 24.3. The van der Waals surface area contributed by atoms with Crippen molar-refractivity contribution >= 4 is 27.0 Å². The Morgan fingerprint density at radius 3 is 2.25 bits per heavy atom. The lowest BCUT2D eigenvalue weighted by atomic mass is 10.2. The molecule has 0 aliphatic carbocycles. The van der Waals surface area contributed by atoms with Gasteiger partial charge in [-0.3, -0.25) is 0 Å². The van der Waals surface area contributed by atoms with Gasteiger partial charge in [-0.1, -0.05) is 30.3 Å².